The van der Waals surface area contributed by atoms with Gasteiger partial charge in [-0.15, -0.1) is 0 Å². The minimum atomic E-state index is -0.308. The molecule has 1 atom stereocenters. The van der Waals surface area contributed by atoms with Gasteiger partial charge < -0.3 is 15.0 Å². The molecular weight excluding hydrogens is 343 g/mol. The molecule has 0 radical (unpaired) electrons. The van der Waals surface area contributed by atoms with Gasteiger partial charge in [0.15, 0.2) is 5.78 Å². The van der Waals surface area contributed by atoms with Crippen molar-refractivity contribution in [3.63, 3.8) is 0 Å². The minimum absolute atomic E-state index is 0.0216. The quantitative estimate of drug-likeness (QED) is 0.713. The van der Waals surface area contributed by atoms with Crippen molar-refractivity contribution in [3.05, 3.63) is 58.9 Å². The Balaban J connectivity index is 1.66. The minimum Gasteiger partial charge on any atom is -0.369 e. The number of hydrogen-bond acceptors (Lipinski definition) is 3. The van der Waals surface area contributed by atoms with E-state index < -0.39 is 0 Å². The Bertz CT molecular complexity index is 1060. The fourth-order valence-electron chi connectivity index (χ4n) is 4.51. The summed E-state index contributed by atoms with van der Waals surface area (Å²) in [4.78, 5) is 15.7. The van der Waals surface area contributed by atoms with Crippen LogP contribution in [0.1, 0.15) is 41.3 Å². The van der Waals surface area contributed by atoms with Crippen LogP contribution in [0.2, 0.25) is 0 Å². The van der Waals surface area contributed by atoms with Crippen LogP contribution in [0.4, 0.5) is 4.39 Å². The summed E-state index contributed by atoms with van der Waals surface area (Å²) < 4.78 is 20.6. The second kappa shape index (κ2) is 6.01. The molecule has 1 saturated heterocycles. The lowest BCUT2D eigenvalue weighted by atomic mass is 9.89. The lowest BCUT2D eigenvalue weighted by Crippen LogP contribution is -2.34. The number of aromatic amines is 1. The number of benzene rings is 2. The van der Waals surface area contributed by atoms with Crippen LogP contribution in [0, 0.1) is 5.82 Å². The molecule has 0 unspecified atom stereocenters. The fourth-order valence-corrected chi connectivity index (χ4v) is 4.51. The molecule has 0 saturated carbocycles. The molecule has 5 rings (SSSR count). The second-order valence-corrected chi connectivity index (χ2v) is 7.68. The van der Waals surface area contributed by atoms with Crippen molar-refractivity contribution in [1.29, 1.82) is 0 Å². The van der Waals surface area contributed by atoms with E-state index in [1.165, 1.54) is 0 Å². The van der Waals surface area contributed by atoms with E-state index in [1.807, 2.05) is 30.3 Å². The lowest BCUT2D eigenvalue weighted by molar-refractivity contribution is 0.0742. The van der Waals surface area contributed by atoms with Crippen LogP contribution < -0.4 is 5.32 Å². The number of H-pyrrole nitrogens is 1. The monoisotopic (exact) mass is 364 g/mol. The van der Waals surface area contributed by atoms with Crippen molar-refractivity contribution in [1.82, 2.24) is 10.3 Å². The first-order valence-corrected chi connectivity index (χ1v) is 9.37. The van der Waals surface area contributed by atoms with Gasteiger partial charge >= 0.3 is 0 Å². The third-order valence-electron chi connectivity index (χ3n) is 5.93. The van der Waals surface area contributed by atoms with Crippen molar-refractivity contribution in [2.24, 2.45) is 0 Å². The Morgan fingerprint density at radius 2 is 2.07 bits per heavy atom. The number of rotatable bonds is 2. The number of carbonyl (C=O) groups is 1. The van der Waals surface area contributed by atoms with E-state index in [-0.39, 0.29) is 23.7 Å². The van der Waals surface area contributed by atoms with Gasteiger partial charge in [0.2, 0.25) is 0 Å². The van der Waals surface area contributed by atoms with Gasteiger partial charge in [-0.3, -0.25) is 4.79 Å². The zero-order valence-corrected chi connectivity index (χ0v) is 15.2. The van der Waals surface area contributed by atoms with Crippen molar-refractivity contribution in [3.8, 4) is 11.3 Å². The zero-order chi connectivity index (χ0) is 18.6. The summed E-state index contributed by atoms with van der Waals surface area (Å²) in [5.74, 6) is -0.229. The molecule has 0 amide bonds. The highest BCUT2D eigenvalue weighted by Gasteiger charge is 2.32. The molecule has 1 fully saturated rings. The zero-order valence-electron chi connectivity index (χ0n) is 15.2. The molecule has 3 heterocycles. The van der Waals surface area contributed by atoms with Crippen molar-refractivity contribution in [2.45, 2.75) is 31.9 Å². The fraction of sp³-hybridized carbons (Fsp3) is 0.318. The molecule has 138 valence electrons. The number of carbonyl (C=O) groups excluding carboxylic acids is 1. The van der Waals surface area contributed by atoms with Crippen molar-refractivity contribution >= 4 is 16.7 Å². The molecule has 1 aromatic heterocycles. The van der Waals surface area contributed by atoms with Gasteiger partial charge in [-0.05, 0) is 38.4 Å². The van der Waals surface area contributed by atoms with E-state index >= 15 is 4.39 Å². The number of hydrogen-bond donors (Lipinski definition) is 2. The van der Waals surface area contributed by atoms with Crippen molar-refractivity contribution in [2.75, 3.05) is 13.2 Å². The molecule has 0 aliphatic carbocycles. The van der Waals surface area contributed by atoms with Crippen molar-refractivity contribution < 1.29 is 13.9 Å². The third kappa shape index (κ3) is 2.53. The number of aromatic nitrogens is 1. The summed E-state index contributed by atoms with van der Waals surface area (Å²) in [6.45, 7) is 3.38. The summed E-state index contributed by atoms with van der Waals surface area (Å²) in [5.41, 5.74) is 4.46. The van der Waals surface area contributed by atoms with Gasteiger partial charge in [-0.25, -0.2) is 4.39 Å². The number of nitrogens with one attached hydrogen (secondary N) is 2. The van der Waals surface area contributed by atoms with Gasteiger partial charge in [0.1, 0.15) is 12.4 Å². The molecule has 3 aromatic rings. The smallest absolute Gasteiger partial charge is 0.189 e. The van der Waals surface area contributed by atoms with Gasteiger partial charge in [-0.2, -0.15) is 0 Å². The van der Waals surface area contributed by atoms with Gasteiger partial charge in [0.05, 0.1) is 12.3 Å². The Hall–Kier alpha value is -2.50. The number of halogens is 1. The Morgan fingerprint density at radius 3 is 2.85 bits per heavy atom. The molecule has 2 aromatic carbocycles. The first-order valence-electron chi connectivity index (χ1n) is 9.37. The van der Waals surface area contributed by atoms with E-state index in [0.717, 1.165) is 47.1 Å². The van der Waals surface area contributed by atoms with Crippen LogP contribution >= 0.6 is 0 Å². The van der Waals surface area contributed by atoms with Gasteiger partial charge in [0.25, 0.3) is 0 Å². The van der Waals surface area contributed by atoms with Gasteiger partial charge in [0, 0.05) is 38.7 Å². The molecular formula is C22H21FN2O2. The highest BCUT2D eigenvalue weighted by molar-refractivity contribution is 6.11. The average Bonchev–Trinajstić information content (AvgIpc) is 3.21. The topological polar surface area (TPSA) is 54.1 Å². The van der Waals surface area contributed by atoms with Crippen LogP contribution in [0.3, 0.4) is 0 Å². The first-order chi connectivity index (χ1) is 13.1. The van der Waals surface area contributed by atoms with E-state index in [4.69, 9.17) is 4.74 Å². The molecule has 0 spiro atoms. The summed E-state index contributed by atoms with van der Waals surface area (Å²) >= 11 is 0. The van der Waals surface area contributed by atoms with E-state index in [9.17, 15) is 4.79 Å². The molecule has 2 aliphatic heterocycles. The van der Waals surface area contributed by atoms with Crippen LogP contribution in [-0.2, 0) is 16.9 Å². The SMILES string of the molecule is C[C@]1(c2ccc(-c3[nH]c4cccc5c4c3COCC5=O)cc2F)CCCN1. The standard InChI is InChI=1S/C22H21FN2O2/c1-22(8-3-9-24-22)16-7-6-13(10-17(16)23)21-15-11-27-12-19(26)14-4-2-5-18(25-21)20(14)15/h2,4-7,10,24-25H,3,8-9,11-12H2,1H3/t22-/m1/s1. The third-order valence-corrected chi connectivity index (χ3v) is 5.93. The highest BCUT2D eigenvalue weighted by Crippen LogP contribution is 2.37. The maximum atomic E-state index is 15.0. The van der Waals surface area contributed by atoms with Crippen LogP contribution in [0.5, 0.6) is 0 Å². The Labute approximate surface area is 156 Å². The van der Waals surface area contributed by atoms with Crippen LogP contribution in [0.15, 0.2) is 36.4 Å². The lowest BCUT2D eigenvalue weighted by Gasteiger charge is -2.25. The number of ketones is 1. The summed E-state index contributed by atoms with van der Waals surface area (Å²) in [5, 5.41) is 4.31. The predicted molar refractivity (Wildman–Crippen MR) is 102 cm³/mol. The largest absolute Gasteiger partial charge is 0.369 e. The molecule has 2 aliphatic rings. The normalized spacial score (nSPS) is 22.4. The second-order valence-electron chi connectivity index (χ2n) is 7.68. The molecule has 4 nitrogen and oxygen atoms in total. The maximum absolute atomic E-state index is 15.0. The Kier molecular flexibility index (Phi) is 3.71. The molecule has 2 N–H and O–H groups in total. The average molecular weight is 364 g/mol. The van der Waals surface area contributed by atoms with E-state index in [0.29, 0.717) is 17.7 Å². The summed E-state index contributed by atoms with van der Waals surface area (Å²) in [7, 11) is 0. The summed E-state index contributed by atoms with van der Waals surface area (Å²) in [6.07, 6.45) is 1.98. The predicted octanol–water partition coefficient (Wildman–Crippen LogP) is 4.29. The van der Waals surface area contributed by atoms with Crippen LogP contribution in [-0.4, -0.2) is 23.9 Å². The Morgan fingerprint density at radius 1 is 1.19 bits per heavy atom. The maximum Gasteiger partial charge on any atom is 0.189 e. The van der Waals surface area contributed by atoms with E-state index in [1.54, 1.807) is 6.07 Å². The molecule has 0 bridgehead atoms. The van der Waals surface area contributed by atoms with Gasteiger partial charge in [-0.1, -0.05) is 24.3 Å². The summed E-state index contributed by atoms with van der Waals surface area (Å²) in [6, 6.07) is 11.1. The first kappa shape index (κ1) is 16.7. The molecule has 27 heavy (non-hydrogen) atoms. The highest BCUT2D eigenvalue weighted by atomic mass is 19.1. The number of ether oxygens (including phenoxy) is 1. The van der Waals surface area contributed by atoms with Crippen LogP contribution in [0.25, 0.3) is 22.2 Å². The number of Topliss-reactive ketones (excluding diaryl/α,β-unsaturated/α-hetero) is 1. The van der Waals surface area contributed by atoms with E-state index in [2.05, 4.69) is 17.2 Å². The molecule has 5 heteroatoms.